The Morgan fingerprint density at radius 1 is 1.06 bits per heavy atom. The van der Waals surface area contributed by atoms with Crippen molar-refractivity contribution in [2.45, 2.75) is 57.6 Å². The highest BCUT2D eigenvalue weighted by Crippen LogP contribution is 2.30. The Balaban J connectivity index is 1.95. The molecule has 33 heavy (non-hydrogen) atoms. The second kappa shape index (κ2) is 9.74. The molecular weight excluding hydrogens is 442 g/mol. The van der Waals surface area contributed by atoms with Crippen molar-refractivity contribution in [2.24, 2.45) is 0 Å². The van der Waals surface area contributed by atoms with Gasteiger partial charge in [-0.2, -0.15) is 0 Å². The van der Waals surface area contributed by atoms with E-state index in [1.54, 1.807) is 13.0 Å². The zero-order valence-electron chi connectivity index (χ0n) is 19.2. The van der Waals surface area contributed by atoms with Crippen LogP contribution in [0.1, 0.15) is 48.7 Å². The molecule has 1 aliphatic rings. The summed E-state index contributed by atoms with van der Waals surface area (Å²) in [6.07, 6.45) is 0.330. The molecule has 8 nitrogen and oxygen atoms in total. The Hall–Kier alpha value is -3.20. The lowest BCUT2D eigenvalue weighted by Crippen LogP contribution is -2.53. The smallest absolute Gasteiger partial charge is 0.269 e. The molecule has 0 spiro atoms. The predicted molar refractivity (Wildman–Crippen MR) is 124 cm³/mol. The number of fused-ring (bicyclic) bond motifs is 1. The monoisotopic (exact) mass is 471 g/mol. The normalized spacial score (nSPS) is 15.3. The first-order chi connectivity index (χ1) is 15.6. The molecule has 2 aromatic carbocycles. The third-order valence-corrected chi connectivity index (χ3v) is 7.40. The van der Waals surface area contributed by atoms with Crippen LogP contribution in [0.5, 0.6) is 0 Å². The number of hydrogen-bond acceptors (Lipinski definition) is 5. The van der Waals surface area contributed by atoms with Gasteiger partial charge in [0.05, 0.1) is 5.56 Å². The Morgan fingerprint density at radius 2 is 1.70 bits per heavy atom. The largest absolute Gasteiger partial charge is 0.352 e. The van der Waals surface area contributed by atoms with Gasteiger partial charge in [0.2, 0.25) is 11.8 Å². The molecule has 0 unspecified atom stereocenters. The van der Waals surface area contributed by atoms with Gasteiger partial charge in [-0.3, -0.25) is 14.4 Å². The van der Waals surface area contributed by atoms with Crippen LogP contribution in [-0.4, -0.2) is 54.0 Å². The number of amides is 3. The van der Waals surface area contributed by atoms with Crippen molar-refractivity contribution in [3.8, 4) is 0 Å². The van der Waals surface area contributed by atoms with Gasteiger partial charge in [-0.25, -0.2) is 12.7 Å². The number of hydrogen-bond donors (Lipinski definition) is 1. The van der Waals surface area contributed by atoms with Crippen LogP contribution in [0, 0.1) is 6.92 Å². The maximum Gasteiger partial charge on any atom is 0.269 e. The van der Waals surface area contributed by atoms with E-state index >= 15 is 0 Å². The van der Waals surface area contributed by atoms with Crippen LogP contribution in [0.3, 0.4) is 0 Å². The molecule has 3 amide bonds. The summed E-state index contributed by atoms with van der Waals surface area (Å²) in [4.78, 5) is 40.4. The van der Waals surface area contributed by atoms with E-state index in [2.05, 4.69) is 5.32 Å². The predicted octanol–water partition coefficient (Wildman–Crippen LogP) is 2.47. The van der Waals surface area contributed by atoms with Crippen molar-refractivity contribution >= 4 is 27.7 Å². The molecule has 0 bridgehead atoms. The average Bonchev–Trinajstić information content (AvgIpc) is 2.95. The second-order valence-electron chi connectivity index (χ2n) is 8.35. The van der Waals surface area contributed by atoms with E-state index in [1.807, 2.05) is 45.0 Å². The highest BCUT2D eigenvalue weighted by molar-refractivity contribution is 7.90. The van der Waals surface area contributed by atoms with Gasteiger partial charge in [0.25, 0.3) is 15.9 Å². The number of carbonyl (C=O) groups is 3. The maximum absolute atomic E-state index is 13.5. The summed E-state index contributed by atoms with van der Waals surface area (Å²) in [7, 11) is -4.14. The number of aryl methyl sites for hydroxylation is 1. The fourth-order valence-corrected chi connectivity index (χ4v) is 5.39. The van der Waals surface area contributed by atoms with Crippen LogP contribution in [0.4, 0.5) is 0 Å². The summed E-state index contributed by atoms with van der Waals surface area (Å²) in [5.41, 5.74) is 1.81. The van der Waals surface area contributed by atoms with Crippen molar-refractivity contribution in [1.29, 1.82) is 0 Å². The summed E-state index contributed by atoms with van der Waals surface area (Å²) in [5.74, 6) is -1.68. The number of nitrogens with zero attached hydrogens (tertiary/aromatic N) is 2. The van der Waals surface area contributed by atoms with Crippen LogP contribution in [-0.2, 0) is 26.2 Å². The molecular formula is C24H29N3O5S. The fourth-order valence-electron chi connectivity index (χ4n) is 3.87. The molecule has 1 atom stereocenters. The Bertz CT molecular complexity index is 1180. The van der Waals surface area contributed by atoms with Crippen LogP contribution in [0.15, 0.2) is 53.4 Å². The van der Waals surface area contributed by atoms with Crippen molar-refractivity contribution in [3.63, 3.8) is 0 Å². The lowest BCUT2D eigenvalue weighted by atomic mass is 10.1. The Morgan fingerprint density at radius 3 is 2.30 bits per heavy atom. The standard InChI is InChI=1S/C24H29N3O5S/c1-5-20(23(29)25-16(2)3)26(14-18-11-7-6-10-17(18)4)22(28)15-27-24(30)19-12-8-9-13-21(19)33(27,31)32/h6-13,16,20H,5,14-15H2,1-4H3,(H,25,29)/t20-/m1/s1. The second-order valence-corrected chi connectivity index (χ2v) is 10.2. The summed E-state index contributed by atoms with van der Waals surface area (Å²) in [5, 5.41) is 2.83. The van der Waals surface area contributed by atoms with Gasteiger partial charge < -0.3 is 10.2 Å². The van der Waals surface area contributed by atoms with Gasteiger partial charge in [-0.1, -0.05) is 43.3 Å². The van der Waals surface area contributed by atoms with E-state index in [-0.39, 0.29) is 29.0 Å². The van der Waals surface area contributed by atoms with E-state index < -0.39 is 34.4 Å². The summed E-state index contributed by atoms with van der Waals surface area (Å²) in [6, 6.07) is 12.4. The zero-order valence-corrected chi connectivity index (χ0v) is 20.1. The molecule has 2 aromatic rings. The number of nitrogens with one attached hydrogen (secondary N) is 1. The number of rotatable bonds is 8. The van der Waals surface area contributed by atoms with E-state index in [4.69, 9.17) is 0 Å². The quantitative estimate of drug-likeness (QED) is 0.637. The van der Waals surface area contributed by atoms with Crippen LogP contribution < -0.4 is 5.32 Å². The number of sulfonamides is 1. The number of carbonyl (C=O) groups excluding carboxylic acids is 3. The zero-order chi connectivity index (χ0) is 24.3. The minimum Gasteiger partial charge on any atom is -0.352 e. The van der Waals surface area contributed by atoms with E-state index in [0.29, 0.717) is 10.7 Å². The van der Waals surface area contributed by atoms with Crippen molar-refractivity contribution in [2.75, 3.05) is 6.54 Å². The number of benzene rings is 2. The Kier molecular flexibility index (Phi) is 7.22. The third-order valence-electron chi connectivity index (χ3n) is 5.61. The van der Waals surface area contributed by atoms with Crippen LogP contribution in [0.25, 0.3) is 0 Å². The molecule has 9 heteroatoms. The summed E-state index contributed by atoms with van der Waals surface area (Å²) < 4.78 is 26.5. The highest BCUT2D eigenvalue weighted by atomic mass is 32.2. The highest BCUT2D eigenvalue weighted by Gasteiger charge is 2.43. The van der Waals surface area contributed by atoms with Crippen LogP contribution >= 0.6 is 0 Å². The molecule has 0 saturated heterocycles. The summed E-state index contributed by atoms with van der Waals surface area (Å²) >= 11 is 0. The maximum atomic E-state index is 13.5. The first-order valence-corrected chi connectivity index (χ1v) is 12.3. The third kappa shape index (κ3) is 4.93. The van der Waals surface area contributed by atoms with Crippen molar-refractivity contribution in [1.82, 2.24) is 14.5 Å². The topological polar surface area (TPSA) is 104 Å². The Labute approximate surface area is 194 Å². The first-order valence-electron chi connectivity index (χ1n) is 10.9. The molecule has 0 saturated carbocycles. The van der Waals surface area contributed by atoms with Crippen molar-refractivity contribution in [3.05, 3.63) is 65.2 Å². The molecule has 1 N–H and O–H groups in total. The molecule has 176 valence electrons. The van der Waals surface area contributed by atoms with Gasteiger partial charge in [0.1, 0.15) is 17.5 Å². The minimum atomic E-state index is -4.14. The van der Waals surface area contributed by atoms with Gasteiger partial charge in [-0.15, -0.1) is 0 Å². The van der Waals surface area contributed by atoms with Crippen LogP contribution in [0.2, 0.25) is 0 Å². The van der Waals surface area contributed by atoms with E-state index in [9.17, 15) is 22.8 Å². The van der Waals surface area contributed by atoms with E-state index in [0.717, 1.165) is 11.1 Å². The lowest BCUT2D eigenvalue weighted by molar-refractivity contribution is -0.141. The van der Waals surface area contributed by atoms with Gasteiger partial charge in [0, 0.05) is 12.6 Å². The fraction of sp³-hybridized carbons (Fsp3) is 0.375. The van der Waals surface area contributed by atoms with Gasteiger partial charge >= 0.3 is 0 Å². The first kappa shape index (κ1) is 24.4. The van der Waals surface area contributed by atoms with Gasteiger partial charge in [0.15, 0.2) is 0 Å². The lowest BCUT2D eigenvalue weighted by Gasteiger charge is -2.32. The molecule has 0 aliphatic carbocycles. The summed E-state index contributed by atoms with van der Waals surface area (Å²) in [6.45, 7) is 6.78. The molecule has 1 heterocycles. The molecule has 0 fully saturated rings. The molecule has 1 aliphatic heterocycles. The molecule has 3 rings (SSSR count). The SMILES string of the molecule is CC[C@H](C(=O)NC(C)C)N(Cc1ccccc1C)C(=O)CN1C(=O)c2ccccc2S1(=O)=O. The van der Waals surface area contributed by atoms with E-state index in [1.165, 1.54) is 23.1 Å². The minimum absolute atomic E-state index is 0.0420. The van der Waals surface area contributed by atoms with Crippen molar-refractivity contribution < 1.29 is 22.8 Å². The molecule has 0 aromatic heterocycles. The van der Waals surface area contributed by atoms with Gasteiger partial charge in [-0.05, 0) is 50.5 Å². The molecule has 0 radical (unpaired) electrons. The average molecular weight is 472 g/mol.